The van der Waals surface area contributed by atoms with E-state index >= 15 is 8.78 Å². The van der Waals surface area contributed by atoms with E-state index in [1.54, 1.807) is 18.7 Å². The lowest BCUT2D eigenvalue weighted by atomic mass is 9.87. The third kappa shape index (κ3) is 9.06. The number of likely N-dealkylation sites (tertiary alicyclic amines) is 1. The van der Waals surface area contributed by atoms with Gasteiger partial charge in [0, 0.05) is 42.3 Å². The van der Waals surface area contributed by atoms with Crippen LogP contribution in [0.5, 0.6) is 0 Å². The number of nitrogens with zero attached hydrogens (tertiary/aromatic N) is 2. The number of carboxylic acid groups (broad SMARTS) is 1. The Morgan fingerprint density at radius 1 is 1.04 bits per heavy atom. The number of hydrogen-bond acceptors (Lipinski definition) is 4. The summed E-state index contributed by atoms with van der Waals surface area (Å²) >= 11 is 0. The van der Waals surface area contributed by atoms with E-state index in [1.165, 1.54) is 13.8 Å². The zero-order chi connectivity index (χ0) is 40.7. The molecule has 0 radical (unpaired) electrons. The normalized spacial score (nSPS) is 18.5. The van der Waals surface area contributed by atoms with Gasteiger partial charge in [-0.05, 0) is 98.5 Å². The van der Waals surface area contributed by atoms with E-state index in [9.17, 15) is 45.8 Å². The van der Waals surface area contributed by atoms with Crippen LogP contribution in [-0.4, -0.2) is 52.0 Å². The number of halogens is 8. The number of amides is 1. The predicted octanol–water partition coefficient (Wildman–Crippen LogP) is 8.30. The molecule has 2 fully saturated rings. The number of terminal acetylenes is 1. The van der Waals surface area contributed by atoms with Crippen molar-refractivity contribution in [2.24, 2.45) is 11.8 Å². The summed E-state index contributed by atoms with van der Waals surface area (Å²) in [7, 11) is 0. The van der Waals surface area contributed by atoms with Gasteiger partial charge in [-0.25, -0.2) is 22.0 Å². The SMILES string of the molecule is C#Cc1cc(-c2c(C)cc(F)cc2C)c(F)c([C@@H](CC(=O)O)NC(=O)[C@H](CC(C)C)n2cc(C3CCN(CC4CC4(F)F)CC3)c(C(F)(F)F)cc2=O)c1F. The van der Waals surface area contributed by atoms with E-state index in [2.05, 4.69) is 11.2 Å². The summed E-state index contributed by atoms with van der Waals surface area (Å²) in [6.45, 7) is 6.85. The van der Waals surface area contributed by atoms with E-state index < -0.39 is 94.0 Å². The van der Waals surface area contributed by atoms with Crippen LogP contribution in [0.25, 0.3) is 11.1 Å². The van der Waals surface area contributed by atoms with Crippen molar-refractivity contribution in [3.05, 3.63) is 91.6 Å². The Labute approximate surface area is 312 Å². The molecule has 1 saturated carbocycles. The number of carboxylic acids is 1. The molecule has 2 N–H and O–H groups in total. The smallest absolute Gasteiger partial charge is 0.416 e. The molecule has 3 atom stereocenters. The first-order chi connectivity index (χ1) is 25.6. The molecular formula is C40H41F8N3O4. The van der Waals surface area contributed by atoms with Gasteiger partial charge in [0.15, 0.2) is 0 Å². The van der Waals surface area contributed by atoms with Gasteiger partial charge < -0.3 is 19.9 Å². The number of aromatic nitrogens is 1. The highest BCUT2D eigenvalue weighted by Gasteiger charge is 2.57. The Morgan fingerprint density at radius 2 is 1.64 bits per heavy atom. The summed E-state index contributed by atoms with van der Waals surface area (Å²) < 4.78 is 118. The molecule has 1 aromatic heterocycles. The first kappa shape index (κ1) is 41.5. The maximum Gasteiger partial charge on any atom is 0.416 e. The van der Waals surface area contributed by atoms with Gasteiger partial charge in [-0.3, -0.25) is 14.4 Å². The maximum atomic E-state index is 16.6. The van der Waals surface area contributed by atoms with Crippen LogP contribution in [0.2, 0.25) is 0 Å². The van der Waals surface area contributed by atoms with Crippen molar-refractivity contribution in [1.29, 1.82) is 0 Å². The lowest BCUT2D eigenvalue weighted by Gasteiger charge is -2.34. The number of alkyl halides is 5. The molecule has 7 nitrogen and oxygen atoms in total. The second kappa shape index (κ2) is 15.8. The third-order valence-corrected chi connectivity index (χ3v) is 10.4. The fourth-order valence-corrected chi connectivity index (χ4v) is 7.63. The summed E-state index contributed by atoms with van der Waals surface area (Å²) in [4.78, 5) is 41.5. The molecule has 55 heavy (non-hydrogen) atoms. The minimum atomic E-state index is -4.96. The number of pyridine rings is 1. The number of aryl methyl sites for hydroxylation is 2. The second-order valence-electron chi connectivity index (χ2n) is 15.0. The molecule has 2 aliphatic rings. The van der Waals surface area contributed by atoms with E-state index in [0.717, 1.165) is 29.0 Å². The van der Waals surface area contributed by atoms with Gasteiger partial charge in [0.25, 0.3) is 11.5 Å². The number of aliphatic carboxylic acids is 1. The summed E-state index contributed by atoms with van der Waals surface area (Å²) in [5, 5.41) is 12.2. The fourth-order valence-electron chi connectivity index (χ4n) is 7.63. The largest absolute Gasteiger partial charge is 0.481 e. The predicted molar refractivity (Wildman–Crippen MR) is 188 cm³/mol. The van der Waals surface area contributed by atoms with Gasteiger partial charge >= 0.3 is 12.1 Å². The lowest BCUT2D eigenvalue weighted by Crippen LogP contribution is -2.41. The molecule has 1 aliphatic heterocycles. The van der Waals surface area contributed by atoms with Crippen LogP contribution in [0.15, 0.2) is 35.3 Å². The van der Waals surface area contributed by atoms with Crippen LogP contribution in [-0.2, 0) is 15.8 Å². The van der Waals surface area contributed by atoms with Crippen molar-refractivity contribution in [2.45, 2.75) is 89.9 Å². The topological polar surface area (TPSA) is 91.6 Å². The van der Waals surface area contributed by atoms with Gasteiger partial charge in [0.1, 0.15) is 23.5 Å². The molecule has 2 aromatic carbocycles. The number of rotatable bonds is 12. The quantitative estimate of drug-likeness (QED) is 0.143. The molecule has 15 heteroatoms. The van der Waals surface area contributed by atoms with Crippen molar-refractivity contribution in [1.82, 2.24) is 14.8 Å². The van der Waals surface area contributed by atoms with E-state index in [1.807, 2.05) is 0 Å². The summed E-state index contributed by atoms with van der Waals surface area (Å²) in [6.07, 6.45) is 0.387. The van der Waals surface area contributed by atoms with Crippen LogP contribution in [0.4, 0.5) is 35.1 Å². The number of benzene rings is 2. The van der Waals surface area contributed by atoms with E-state index in [-0.39, 0.29) is 79.1 Å². The molecule has 2 heterocycles. The summed E-state index contributed by atoms with van der Waals surface area (Å²) in [5.41, 5.74) is -3.72. The van der Waals surface area contributed by atoms with Gasteiger partial charge in [0.05, 0.1) is 23.6 Å². The second-order valence-corrected chi connectivity index (χ2v) is 15.0. The molecule has 0 bridgehead atoms. The summed E-state index contributed by atoms with van der Waals surface area (Å²) in [6, 6.07) is 0.129. The molecular weight excluding hydrogens is 738 g/mol. The van der Waals surface area contributed by atoms with Crippen molar-refractivity contribution in [3.8, 4) is 23.5 Å². The highest BCUT2D eigenvalue weighted by atomic mass is 19.4. The van der Waals surface area contributed by atoms with Crippen LogP contribution < -0.4 is 10.9 Å². The van der Waals surface area contributed by atoms with E-state index in [0.29, 0.717) is 6.07 Å². The van der Waals surface area contributed by atoms with Crippen LogP contribution in [0.3, 0.4) is 0 Å². The Morgan fingerprint density at radius 3 is 2.15 bits per heavy atom. The van der Waals surface area contributed by atoms with Crippen molar-refractivity contribution in [2.75, 3.05) is 19.6 Å². The van der Waals surface area contributed by atoms with Crippen LogP contribution >= 0.6 is 0 Å². The average molecular weight is 780 g/mol. The fraction of sp³-hybridized carbons (Fsp3) is 0.475. The average Bonchev–Trinajstić information content (AvgIpc) is 3.68. The first-order valence-corrected chi connectivity index (χ1v) is 17.8. The highest BCUT2D eigenvalue weighted by Crippen LogP contribution is 2.49. The van der Waals surface area contributed by atoms with Crippen molar-refractivity contribution < 1.29 is 49.8 Å². The molecule has 1 unspecified atom stereocenters. The minimum Gasteiger partial charge on any atom is -0.481 e. The molecule has 296 valence electrons. The van der Waals surface area contributed by atoms with E-state index in [4.69, 9.17) is 6.42 Å². The van der Waals surface area contributed by atoms with Gasteiger partial charge in [-0.1, -0.05) is 19.8 Å². The standard InChI is InChI=1S/C40H41F8N3O4/c1-6-23-14-27(34-21(4)12-26(41)13-22(34)5)37(43)35(36(23)42)30(16-33(53)54)49-38(55)31(11-20(2)3)51-19-28(29(15-32(51)52)40(46,47)48)24-7-9-50(10-8-24)18-25-17-39(25,44)45/h1,12-15,19-20,24-25,30-31H,7-11,16-18H2,2-5H3,(H,49,55)(H,53,54)/t25?,30-,31+/m1/s1. The van der Waals surface area contributed by atoms with Crippen LogP contribution in [0, 0.1) is 55.5 Å². The van der Waals surface area contributed by atoms with Gasteiger partial charge in [-0.2, -0.15) is 13.2 Å². The number of nitrogens with one attached hydrogen (secondary N) is 1. The minimum absolute atomic E-state index is 0.107. The molecule has 5 rings (SSSR count). The van der Waals surface area contributed by atoms with Crippen molar-refractivity contribution >= 4 is 11.9 Å². The highest BCUT2D eigenvalue weighted by molar-refractivity contribution is 5.82. The Kier molecular flexibility index (Phi) is 11.9. The Hall–Kier alpha value is -4.71. The Bertz CT molecular complexity index is 2060. The van der Waals surface area contributed by atoms with Gasteiger partial charge in [-0.15, -0.1) is 6.42 Å². The molecule has 1 saturated heterocycles. The molecule has 1 aliphatic carbocycles. The summed E-state index contributed by atoms with van der Waals surface area (Å²) in [5.74, 6) is -8.55. The van der Waals surface area contributed by atoms with Gasteiger partial charge in [0.2, 0.25) is 5.91 Å². The lowest BCUT2D eigenvalue weighted by molar-refractivity contribution is -0.139. The number of piperidine rings is 1. The molecule has 0 spiro atoms. The van der Waals surface area contributed by atoms with Crippen molar-refractivity contribution in [3.63, 3.8) is 0 Å². The monoisotopic (exact) mass is 779 g/mol. The number of carbonyl (C=O) groups is 2. The maximum absolute atomic E-state index is 16.6. The number of carbonyl (C=O) groups excluding carboxylic acids is 1. The van der Waals surface area contributed by atoms with Crippen LogP contribution in [0.1, 0.15) is 97.3 Å². The third-order valence-electron chi connectivity index (χ3n) is 10.4. The first-order valence-electron chi connectivity index (χ1n) is 17.8. The number of hydrogen-bond donors (Lipinski definition) is 2. The Balaban J connectivity index is 1.56. The molecule has 3 aromatic rings. The zero-order valence-electron chi connectivity index (χ0n) is 30.6. The molecule has 1 amide bonds. The zero-order valence-corrected chi connectivity index (χ0v) is 30.6.